The molecule has 1 fully saturated rings. The molecule has 0 aliphatic carbocycles. The number of benzene rings is 2. The molecule has 8 heteroatoms. The van der Waals surface area contributed by atoms with E-state index in [1.807, 2.05) is 24.3 Å². The van der Waals surface area contributed by atoms with Crippen LogP contribution in [-0.2, 0) is 14.8 Å². The Labute approximate surface area is 169 Å². The van der Waals surface area contributed by atoms with Crippen LogP contribution in [0.2, 0.25) is 0 Å². The van der Waals surface area contributed by atoms with Gasteiger partial charge in [0.05, 0.1) is 12.0 Å². The summed E-state index contributed by atoms with van der Waals surface area (Å²) in [5.74, 6) is 0.137. The highest BCUT2D eigenvalue weighted by Gasteiger charge is 2.48. The molecule has 6 nitrogen and oxygen atoms in total. The number of rotatable bonds is 5. The van der Waals surface area contributed by atoms with Crippen molar-refractivity contribution in [1.29, 1.82) is 0 Å². The lowest BCUT2D eigenvalue weighted by Gasteiger charge is -2.42. The SMILES string of the molecule is COc1cccc(-c2ccc(S(=O)(=O)N3CCSC(C)(C)[C@@H]3C(=O)O)cc2)c1. The van der Waals surface area contributed by atoms with Gasteiger partial charge < -0.3 is 9.84 Å². The van der Waals surface area contributed by atoms with Crippen LogP contribution in [0.1, 0.15) is 13.8 Å². The monoisotopic (exact) mass is 421 g/mol. The largest absolute Gasteiger partial charge is 0.497 e. The summed E-state index contributed by atoms with van der Waals surface area (Å²) in [7, 11) is -2.34. The van der Waals surface area contributed by atoms with Gasteiger partial charge >= 0.3 is 5.97 Å². The highest BCUT2D eigenvalue weighted by Crippen LogP contribution is 2.38. The number of hydrogen-bond donors (Lipinski definition) is 1. The maximum absolute atomic E-state index is 13.2. The van der Waals surface area contributed by atoms with E-state index in [0.717, 1.165) is 15.4 Å². The van der Waals surface area contributed by atoms with Gasteiger partial charge in [0, 0.05) is 17.0 Å². The molecule has 0 amide bonds. The molecule has 1 N–H and O–H groups in total. The van der Waals surface area contributed by atoms with Crippen LogP contribution in [0, 0.1) is 0 Å². The van der Waals surface area contributed by atoms with Gasteiger partial charge in [0.15, 0.2) is 0 Å². The Morgan fingerprint density at radius 3 is 2.46 bits per heavy atom. The minimum absolute atomic E-state index is 0.0908. The van der Waals surface area contributed by atoms with E-state index in [-0.39, 0.29) is 11.4 Å². The molecule has 28 heavy (non-hydrogen) atoms. The Hall–Kier alpha value is -2.03. The van der Waals surface area contributed by atoms with E-state index in [2.05, 4.69) is 0 Å². The predicted molar refractivity (Wildman–Crippen MR) is 110 cm³/mol. The van der Waals surface area contributed by atoms with E-state index < -0.39 is 26.8 Å². The van der Waals surface area contributed by atoms with Crippen molar-refractivity contribution in [2.24, 2.45) is 0 Å². The summed E-state index contributed by atoms with van der Waals surface area (Å²) in [5, 5.41) is 9.67. The summed E-state index contributed by atoms with van der Waals surface area (Å²) < 4.78 is 32.0. The van der Waals surface area contributed by atoms with Gasteiger partial charge in [-0.15, -0.1) is 0 Å². The van der Waals surface area contributed by atoms with E-state index in [1.165, 1.54) is 23.9 Å². The number of hydrogen-bond acceptors (Lipinski definition) is 5. The standard InChI is InChI=1S/C20H23NO5S2/c1-20(2)18(19(22)23)21(11-12-27-20)28(24,25)17-9-7-14(8-10-17)15-5-4-6-16(13-15)26-3/h4-10,13,18H,11-12H2,1-3H3,(H,22,23)/t18-/m0/s1. The molecule has 0 aromatic heterocycles. The lowest BCUT2D eigenvalue weighted by molar-refractivity contribution is -0.142. The summed E-state index contributed by atoms with van der Waals surface area (Å²) >= 11 is 1.48. The van der Waals surface area contributed by atoms with E-state index in [1.54, 1.807) is 33.1 Å². The molecule has 1 atom stereocenters. The Kier molecular flexibility index (Phi) is 5.74. The number of thioether (sulfide) groups is 1. The number of ether oxygens (including phenoxy) is 1. The summed E-state index contributed by atoms with van der Waals surface area (Å²) in [6.07, 6.45) is 0. The van der Waals surface area contributed by atoms with Crippen LogP contribution in [-0.4, -0.2) is 54.0 Å². The van der Waals surface area contributed by atoms with Gasteiger partial charge in [-0.25, -0.2) is 8.42 Å². The Bertz CT molecular complexity index is 970. The van der Waals surface area contributed by atoms with Gasteiger partial charge in [0.1, 0.15) is 11.8 Å². The van der Waals surface area contributed by atoms with Gasteiger partial charge in [-0.3, -0.25) is 4.79 Å². The highest BCUT2D eigenvalue weighted by molar-refractivity contribution is 8.00. The van der Waals surface area contributed by atoms with Crippen molar-refractivity contribution in [3.05, 3.63) is 48.5 Å². The van der Waals surface area contributed by atoms with Crippen molar-refractivity contribution in [3.8, 4) is 16.9 Å². The van der Waals surface area contributed by atoms with Gasteiger partial charge in [-0.2, -0.15) is 16.1 Å². The molecule has 3 rings (SSSR count). The maximum Gasteiger partial charge on any atom is 0.323 e. The predicted octanol–water partition coefficient (Wildman–Crippen LogP) is 3.33. The minimum atomic E-state index is -3.92. The van der Waals surface area contributed by atoms with Gasteiger partial charge in [0.2, 0.25) is 10.0 Å². The topological polar surface area (TPSA) is 83.9 Å². The van der Waals surface area contributed by atoms with Crippen LogP contribution >= 0.6 is 11.8 Å². The van der Waals surface area contributed by atoms with Crippen LogP contribution < -0.4 is 4.74 Å². The van der Waals surface area contributed by atoms with E-state index >= 15 is 0 Å². The molecule has 1 aliphatic rings. The van der Waals surface area contributed by atoms with Crippen molar-refractivity contribution in [1.82, 2.24) is 4.31 Å². The summed E-state index contributed by atoms with van der Waals surface area (Å²) in [5.41, 5.74) is 1.75. The molecule has 0 bridgehead atoms. The molecule has 1 heterocycles. The Morgan fingerprint density at radius 1 is 1.18 bits per heavy atom. The van der Waals surface area contributed by atoms with Crippen molar-refractivity contribution >= 4 is 27.8 Å². The Morgan fingerprint density at radius 2 is 1.86 bits per heavy atom. The molecular weight excluding hydrogens is 398 g/mol. The van der Waals surface area contributed by atoms with E-state index in [0.29, 0.717) is 11.5 Å². The third kappa shape index (κ3) is 3.90. The molecule has 0 unspecified atom stereocenters. The number of aliphatic carboxylic acids is 1. The molecule has 1 aliphatic heterocycles. The second kappa shape index (κ2) is 7.77. The van der Waals surface area contributed by atoms with Crippen LogP contribution in [0.25, 0.3) is 11.1 Å². The zero-order chi connectivity index (χ0) is 20.5. The average Bonchev–Trinajstić information content (AvgIpc) is 2.67. The summed E-state index contributed by atoms with van der Waals surface area (Å²) in [4.78, 5) is 11.9. The zero-order valence-electron chi connectivity index (χ0n) is 16.0. The number of nitrogens with zero attached hydrogens (tertiary/aromatic N) is 1. The second-order valence-electron chi connectivity index (χ2n) is 7.06. The fourth-order valence-electron chi connectivity index (χ4n) is 3.39. The van der Waals surface area contributed by atoms with Crippen molar-refractivity contribution in [2.75, 3.05) is 19.4 Å². The highest BCUT2D eigenvalue weighted by atomic mass is 32.2. The lowest BCUT2D eigenvalue weighted by Crippen LogP contribution is -2.58. The van der Waals surface area contributed by atoms with Gasteiger partial charge in [-0.05, 0) is 49.2 Å². The average molecular weight is 422 g/mol. The molecule has 1 saturated heterocycles. The minimum Gasteiger partial charge on any atom is -0.497 e. The van der Waals surface area contributed by atoms with E-state index in [9.17, 15) is 18.3 Å². The van der Waals surface area contributed by atoms with Crippen molar-refractivity contribution < 1.29 is 23.1 Å². The fourth-order valence-corrected chi connectivity index (χ4v) is 6.49. The molecule has 0 radical (unpaired) electrons. The smallest absolute Gasteiger partial charge is 0.323 e. The van der Waals surface area contributed by atoms with Gasteiger partial charge in [-0.1, -0.05) is 24.3 Å². The summed E-state index contributed by atoms with van der Waals surface area (Å²) in [6.45, 7) is 3.71. The quantitative estimate of drug-likeness (QED) is 0.797. The molecular formula is C20H23NO5S2. The first-order valence-electron chi connectivity index (χ1n) is 8.80. The number of carboxylic acids is 1. The van der Waals surface area contributed by atoms with Crippen LogP contribution in [0.5, 0.6) is 5.75 Å². The van der Waals surface area contributed by atoms with Gasteiger partial charge in [0.25, 0.3) is 0 Å². The van der Waals surface area contributed by atoms with Crippen LogP contribution in [0.3, 0.4) is 0 Å². The summed E-state index contributed by atoms with van der Waals surface area (Å²) in [6, 6.07) is 12.9. The number of methoxy groups -OCH3 is 1. The second-order valence-corrected chi connectivity index (χ2v) is 10.7. The van der Waals surface area contributed by atoms with Crippen molar-refractivity contribution in [3.63, 3.8) is 0 Å². The third-order valence-electron chi connectivity index (χ3n) is 4.83. The number of sulfonamides is 1. The lowest BCUT2D eigenvalue weighted by atomic mass is 10.0. The first-order chi connectivity index (χ1) is 13.2. The molecule has 0 saturated carbocycles. The van der Waals surface area contributed by atoms with Crippen LogP contribution in [0.15, 0.2) is 53.4 Å². The number of carboxylic acid groups (broad SMARTS) is 1. The fraction of sp³-hybridized carbons (Fsp3) is 0.350. The molecule has 0 spiro atoms. The Balaban J connectivity index is 1.94. The van der Waals surface area contributed by atoms with Crippen LogP contribution in [0.4, 0.5) is 0 Å². The third-order valence-corrected chi connectivity index (χ3v) is 8.06. The normalized spacial score (nSPS) is 19.9. The van der Waals surface area contributed by atoms with E-state index in [4.69, 9.17) is 4.74 Å². The molecule has 2 aromatic carbocycles. The number of carbonyl (C=O) groups is 1. The zero-order valence-corrected chi connectivity index (χ0v) is 17.6. The molecule has 150 valence electrons. The first-order valence-corrected chi connectivity index (χ1v) is 11.2. The van der Waals surface area contributed by atoms with Crippen molar-refractivity contribution in [2.45, 2.75) is 29.5 Å². The first kappa shape index (κ1) is 20.7. The molecule has 2 aromatic rings. The maximum atomic E-state index is 13.2.